The number of rotatable bonds is 5. The number of carbonyl (C=O) groups is 2. The molecule has 1 aliphatic rings. The van der Waals surface area contributed by atoms with Crippen molar-refractivity contribution in [2.45, 2.75) is 25.0 Å². The Morgan fingerprint density at radius 1 is 1.48 bits per heavy atom. The Balaban J connectivity index is 1.92. The first-order valence-electron chi connectivity index (χ1n) is 6.61. The predicted molar refractivity (Wildman–Crippen MR) is 75.3 cm³/mol. The van der Waals surface area contributed by atoms with Crippen LogP contribution < -0.4 is 15.8 Å². The van der Waals surface area contributed by atoms with Crippen molar-refractivity contribution in [3.05, 3.63) is 23.8 Å². The number of carboxylic acid groups (broad SMARTS) is 1. The van der Waals surface area contributed by atoms with E-state index in [1.54, 1.807) is 18.2 Å². The molecular formula is C14H18N2O5. The zero-order valence-corrected chi connectivity index (χ0v) is 11.7. The first-order chi connectivity index (χ1) is 10.0. The van der Waals surface area contributed by atoms with Gasteiger partial charge in [-0.25, -0.2) is 4.79 Å². The van der Waals surface area contributed by atoms with Gasteiger partial charge in [-0.05, 0) is 25.0 Å². The van der Waals surface area contributed by atoms with Gasteiger partial charge >= 0.3 is 5.97 Å². The summed E-state index contributed by atoms with van der Waals surface area (Å²) in [5.74, 6) is -0.887. The summed E-state index contributed by atoms with van der Waals surface area (Å²) in [7, 11) is 1.46. The third kappa shape index (κ3) is 3.63. The molecule has 0 radical (unpaired) electrons. The average molecular weight is 294 g/mol. The van der Waals surface area contributed by atoms with Crippen molar-refractivity contribution in [2.75, 3.05) is 19.4 Å². The number of amides is 1. The van der Waals surface area contributed by atoms with Crippen LogP contribution in [0.3, 0.4) is 0 Å². The van der Waals surface area contributed by atoms with Crippen molar-refractivity contribution in [3.63, 3.8) is 0 Å². The third-order valence-electron chi connectivity index (χ3n) is 3.34. The minimum Gasteiger partial charge on any atom is -0.496 e. The minimum absolute atomic E-state index is 0.260. The van der Waals surface area contributed by atoms with Crippen molar-refractivity contribution in [1.82, 2.24) is 5.32 Å². The fraction of sp³-hybridized carbons (Fsp3) is 0.429. The molecule has 1 amide bonds. The zero-order valence-electron chi connectivity index (χ0n) is 11.7. The molecule has 4 N–H and O–H groups in total. The number of hydrogen-bond acceptors (Lipinski definition) is 5. The lowest BCUT2D eigenvalue weighted by Crippen LogP contribution is -2.33. The molecule has 1 saturated heterocycles. The van der Waals surface area contributed by atoms with Crippen LogP contribution in [0.15, 0.2) is 18.2 Å². The number of carbonyl (C=O) groups excluding carboxylic acids is 1. The lowest BCUT2D eigenvalue weighted by molar-refractivity contribution is -0.149. The van der Waals surface area contributed by atoms with E-state index in [2.05, 4.69) is 5.32 Å². The topological polar surface area (TPSA) is 111 Å². The van der Waals surface area contributed by atoms with Crippen LogP contribution in [0.2, 0.25) is 0 Å². The van der Waals surface area contributed by atoms with E-state index in [1.165, 1.54) is 7.11 Å². The molecule has 2 atom stereocenters. The van der Waals surface area contributed by atoms with Gasteiger partial charge in [0.1, 0.15) is 5.75 Å². The molecule has 1 heterocycles. The monoisotopic (exact) mass is 294 g/mol. The standard InChI is InChI=1S/C14H18N2O5/c1-20-12-6-8(15)2-4-10(12)13(17)16-7-9-3-5-11(21-9)14(18)19/h2,4,6,9,11H,3,5,7,15H2,1H3,(H,16,17)(H,18,19). The molecular weight excluding hydrogens is 276 g/mol. The van der Waals surface area contributed by atoms with Crippen molar-refractivity contribution < 1.29 is 24.2 Å². The smallest absolute Gasteiger partial charge is 0.332 e. The van der Waals surface area contributed by atoms with E-state index in [-0.39, 0.29) is 18.6 Å². The number of nitrogen functional groups attached to an aromatic ring is 1. The van der Waals surface area contributed by atoms with E-state index < -0.39 is 12.1 Å². The molecule has 1 aliphatic heterocycles. The van der Waals surface area contributed by atoms with Crippen molar-refractivity contribution in [3.8, 4) is 5.75 Å². The number of benzene rings is 1. The molecule has 0 aromatic heterocycles. The fourth-order valence-electron chi connectivity index (χ4n) is 2.23. The maximum Gasteiger partial charge on any atom is 0.332 e. The van der Waals surface area contributed by atoms with Crippen LogP contribution in [0.25, 0.3) is 0 Å². The highest BCUT2D eigenvalue weighted by Gasteiger charge is 2.30. The van der Waals surface area contributed by atoms with Crippen LogP contribution in [0, 0.1) is 0 Å². The fourth-order valence-corrected chi connectivity index (χ4v) is 2.23. The summed E-state index contributed by atoms with van der Waals surface area (Å²) in [6.07, 6.45) is 0.00442. The number of anilines is 1. The Bertz CT molecular complexity index is 546. The van der Waals surface area contributed by atoms with Gasteiger partial charge in [-0.3, -0.25) is 4.79 Å². The highest BCUT2D eigenvalue weighted by Crippen LogP contribution is 2.22. The van der Waals surface area contributed by atoms with Gasteiger partial charge in [-0.1, -0.05) is 0 Å². The molecule has 0 spiro atoms. The molecule has 7 heteroatoms. The second-order valence-corrected chi connectivity index (χ2v) is 4.83. The summed E-state index contributed by atoms with van der Waals surface area (Å²) >= 11 is 0. The predicted octanol–water partition coefficient (Wildman–Crippen LogP) is 0.639. The second-order valence-electron chi connectivity index (χ2n) is 4.83. The maximum absolute atomic E-state index is 12.1. The number of carboxylic acids is 1. The third-order valence-corrected chi connectivity index (χ3v) is 3.34. The molecule has 0 aliphatic carbocycles. The molecule has 0 saturated carbocycles. The quantitative estimate of drug-likeness (QED) is 0.687. The molecule has 1 aromatic carbocycles. The van der Waals surface area contributed by atoms with Crippen molar-refractivity contribution in [1.29, 1.82) is 0 Å². The van der Waals surface area contributed by atoms with E-state index in [0.29, 0.717) is 29.8 Å². The van der Waals surface area contributed by atoms with Crippen LogP contribution in [-0.4, -0.2) is 42.8 Å². The van der Waals surface area contributed by atoms with Crippen LogP contribution in [0.5, 0.6) is 5.75 Å². The first-order valence-corrected chi connectivity index (χ1v) is 6.61. The van der Waals surface area contributed by atoms with Crippen LogP contribution in [0.4, 0.5) is 5.69 Å². The summed E-state index contributed by atoms with van der Waals surface area (Å²) in [6.45, 7) is 0.260. The number of methoxy groups -OCH3 is 1. The molecule has 2 unspecified atom stereocenters. The molecule has 2 rings (SSSR count). The summed E-state index contributed by atoms with van der Waals surface area (Å²) in [4.78, 5) is 22.9. The Hall–Kier alpha value is -2.28. The average Bonchev–Trinajstić information content (AvgIpc) is 2.93. The van der Waals surface area contributed by atoms with Crippen molar-refractivity contribution >= 4 is 17.6 Å². The summed E-state index contributed by atoms with van der Waals surface area (Å²) in [5.41, 5.74) is 6.51. The molecule has 7 nitrogen and oxygen atoms in total. The number of nitrogens with one attached hydrogen (secondary N) is 1. The first kappa shape index (κ1) is 15.1. The van der Waals surface area contributed by atoms with Gasteiger partial charge in [0.25, 0.3) is 5.91 Å². The highest BCUT2D eigenvalue weighted by atomic mass is 16.5. The Kier molecular flexibility index (Phi) is 4.64. The molecule has 0 bridgehead atoms. The zero-order chi connectivity index (χ0) is 15.4. The van der Waals surface area contributed by atoms with Gasteiger partial charge < -0.3 is 25.6 Å². The number of nitrogens with two attached hydrogens (primary N) is 1. The Morgan fingerprint density at radius 3 is 2.86 bits per heavy atom. The van der Waals surface area contributed by atoms with Gasteiger partial charge in [0.05, 0.1) is 18.8 Å². The minimum atomic E-state index is -0.968. The molecule has 21 heavy (non-hydrogen) atoms. The van der Waals surface area contributed by atoms with Gasteiger partial charge in [-0.15, -0.1) is 0 Å². The number of ether oxygens (including phenoxy) is 2. The van der Waals surface area contributed by atoms with Gasteiger partial charge in [0.15, 0.2) is 6.10 Å². The highest BCUT2D eigenvalue weighted by molar-refractivity contribution is 5.97. The Labute approximate surface area is 122 Å². The van der Waals surface area contributed by atoms with E-state index in [4.69, 9.17) is 20.3 Å². The number of aliphatic carboxylic acids is 1. The van der Waals surface area contributed by atoms with Gasteiger partial charge in [0.2, 0.25) is 0 Å². The Morgan fingerprint density at radius 2 is 2.24 bits per heavy atom. The van der Waals surface area contributed by atoms with Crippen molar-refractivity contribution in [2.24, 2.45) is 0 Å². The van der Waals surface area contributed by atoms with Crippen LogP contribution >= 0.6 is 0 Å². The lowest BCUT2D eigenvalue weighted by atomic mass is 10.1. The van der Waals surface area contributed by atoms with E-state index in [0.717, 1.165) is 0 Å². The van der Waals surface area contributed by atoms with E-state index in [9.17, 15) is 9.59 Å². The SMILES string of the molecule is COc1cc(N)ccc1C(=O)NCC1CCC(C(=O)O)O1. The normalized spacial score (nSPS) is 21.0. The van der Waals surface area contributed by atoms with Crippen LogP contribution in [0.1, 0.15) is 23.2 Å². The van der Waals surface area contributed by atoms with Gasteiger partial charge in [-0.2, -0.15) is 0 Å². The van der Waals surface area contributed by atoms with E-state index >= 15 is 0 Å². The number of hydrogen-bond donors (Lipinski definition) is 3. The lowest BCUT2D eigenvalue weighted by Gasteiger charge is -2.14. The molecule has 1 fully saturated rings. The summed E-state index contributed by atoms with van der Waals surface area (Å²) in [5, 5.41) is 11.6. The second kappa shape index (κ2) is 6.45. The van der Waals surface area contributed by atoms with Crippen LogP contribution in [-0.2, 0) is 9.53 Å². The van der Waals surface area contributed by atoms with Gasteiger partial charge in [0, 0.05) is 18.3 Å². The summed E-state index contributed by atoms with van der Waals surface area (Å²) < 4.78 is 10.4. The molecule has 114 valence electrons. The summed E-state index contributed by atoms with van der Waals surface area (Å²) in [6, 6.07) is 4.77. The molecule has 1 aromatic rings. The van der Waals surface area contributed by atoms with E-state index in [1.807, 2.05) is 0 Å². The largest absolute Gasteiger partial charge is 0.496 e. The maximum atomic E-state index is 12.1.